The van der Waals surface area contributed by atoms with Crippen LogP contribution in [0.5, 0.6) is 0 Å². The summed E-state index contributed by atoms with van der Waals surface area (Å²) in [5.41, 5.74) is 6.37. The van der Waals surface area contributed by atoms with Gasteiger partial charge in [0.2, 0.25) is 4.80 Å². The van der Waals surface area contributed by atoms with E-state index in [-0.39, 0.29) is 0 Å². The van der Waals surface area contributed by atoms with Crippen molar-refractivity contribution in [3.63, 3.8) is 0 Å². The van der Waals surface area contributed by atoms with Gasteiger partial charge >= 0.3 is 0 Å². The summed E-state index contributed by atoms with van der Waals surface area (Å²) in [6, 6.07) is 18.5. The predicted octanol–water partition coefficient (Wildman–Crippen LogP) is 6.04. The molecule has 28 heavy (non-hydrogen) atoms. The van der Waals surface area contributed by atoms with Crippen molar-refractivity contribution < 1.29 is 0 Å². The molecule has 6 heteroatoms. The molecule has 0 atom stereocenters. The lowest BCUT2D eigenvalue weighted by molar-refractivity contribution is 0.853. The Balaban J connectivity index is 1.86. The van der Waals surface area contributed by atoms with E-state index in [2.05, 4.69) is 70.5 Å². The second-order valence-corrected chi connectivity index (χ2v) is 8.25. The van der Waals surface area contributed by atoms with Crippen LogP contribution in [0.4, 0.5) is 5.69 Å². The van der Waals surface area contributed by atoms with Crippen molar-refractivity contribution in [1.29, 1.82) is 0 Å². The topological polar surface area (TPSA) is 45.4 Å². The quantitative estimate of drug-likeness (QED) is 0.368. The van der Waals surface area contributed by atoms with Crippen LogP contribution in [0.1, 0.15) is 16.8 Å². The fourth-order valence-electron chi connectivity index (χ4n) is 2.89. The molecule has 0 bridgehead atoms. The number of aromatic amines is 1. The Hall–Kier alpha value is -2.70. The van der Waals surface area contributed by atoms with E-state index in [1.54, 1.807) is 11.3 Å². The average molecular weight is 451 g/mol. The van der Waals surface area contributed by atoms with Crippen molar-refractivity contribution in [1.82, 2.24) is 9.66 Å². The van der Waals surface area contributed by atoms with E-state index in [4.69, 9.17) is 10.1 Å². The smallest absolute Gasteiger partial charge is 0.211 e. The fourth-order valence-corrected chi connectivity index (χ4v) is 4.00. The van der Waals surface area contributed by atoms with E-state index < -0.39 is 0 Å². The third kappa shape index (κ3) is 4.08. The molecule has 2 heterocycles. The highest BCUT2D eigenvalue weighted by Crippen LogP contribution is 2.24. The van der Waals surface area contributed by atoms with Crippen molar-refractivity contribution in [2.24, 2.45) is 10.1 Å². The third-order valence-electron chi connectivity index (χ3n) is 4.33. The molecule has 4 rings (SSSR count). The minimum Gasteiger partial charge on any atom is -0.360 e. The molecule has 4 aromatic rings. The summed E-state index contributed by atoms with van der Waals surface area (Å²) in [6.07, 6.45) is 3.70. The van der Waals surface area contributed by atoms with Gasteiger partial charge in [0.25, 0.3) is 0 Å². The molecule has 0 saturated heterocycles. The highest BCUT2D eigenvalue weighted by Gasteiger charge is 2.08. The summed E-state index contributed by atoms with van der Waals surface area (Å²) in [4.78, 5) is 8.87. The number of H-pyrrole nitrogens is 1. The summed E-state index contributed by atoms with van der Waals surface area (Å²) in [5, 5.41) is 6.81. The maximum Gasteiger partial charge on any atom is 0.211 e. The van der Waals surface area contributed by atoms with Crippen LogP contribution in [0, 0.1) is 13.8 Å². The largest absolute Gasteiger partial charge is 0.360 e. The average Bonchev–Trinajstić information content (AvgIpc) is 3.33. The van der Waals surface area contributed by atoms with E-state index in [0.29, 0.717) is 0 Å². The molecule has 0 unspecified atom stereocenters. The van der Waals surface area contributed by atoms with Crippen LogP contribution in [0.25, 0.3) is 11.3 Å². The molecule has 2 aromatic heterocycles. The highest BCUT2D eigenvalue weighted by atomic mass is 79.9. The van der Waals surface area contributed by atoms with Gasteiger partial charge in [0.05, 0.1) is 23.3 Å². The zero-order chi connectivity index (χ0) is 19.5. The molecule has 0 aliphatic heterocycles. The third-order valence-corrected chi connectivity index (χ3v) is 5.67. The van der Waals surface area contributed by atoms with Crippen LogP contribution >= 0.6 is 27.3 Å². The standard InChI is InChI=1S/C22H19BrN4S/c1-15-5-10-20(16(2)12-15)26-22-27(25-13-19-4-3-11-24-19)21(14-28-22)17-6-8-18(23)9-7-17/h3-14,24H,1-2H3. The monoisotopic (exact) mass is 450 g/mol. The van der Waals surface area contributed by atoms with Gasteiger partial charge in [-0.3, -0.25) is 0 Å². The summed E-state index contributed by atoms with van der Waals surface area (Å²) in [6.45, 7) is 4.18. The first-order valence-corrected chi connectivity index (χ1v) is 10.5. The fraction of sp³-hybridized carbons (Fsp3) is 0.0909. The van der Waals surface area contributed by atoms with Crippen LogP contribution in [-0.4, -0.2) is 15.9 Å². The Kier molecular flexibility index (Phi) is 5.41. The highest BCUT2D eigenvalue weighted by molar-refractivity contribution is 9.10. The number of nitrogens with one attached hydrogen (secondary N) is 1. The second kappa shape index (κ2) is 8.12. The number of nitrogens with zero attached hydrogens (tertiary/aromatic N) is 3. The summed E-state index contributed by atoms with van der Waals surface area (Å²) < 4.78 is 2.95. The number of benzene rings is 2. The van der Waals surface area contributed by atoms with Crippen molar-refractivity contribution in [2.75, 3.05) is 0 Å². The first-order chi connectivity index (χ1) is 13.6. The molecule has 0 amide bonds. The predicted molar refractivity (Wildman–Crippen MR) is 120 cm³/mol. The van der Waals surface area contributed by atoms with Crippen LogP contribution in [0.2, 0.25) is 0 Å². The number of aryl methyl sites for hydroxylation is 2. The number of aromatic nitrogens is 2. The zero-order valence-corrected chi connectivity index (χ0v) is 18.0. The number of thiazole rings is 1. The van der Waals surface area contributed by atoms with Gasteiger partial charge in [-0.2, -0.15) is 5.10 Å². The lowest BCUT2D eigenvalue weighted by Crippen LogP contribution is -2.11. The van der Waals surface area contributed by atoms with Crippen LogP contribution in [-0.2, 0) is 0 Å². The molecule has 1 N–H and O–H groups in total. The van der Waals surface area contributed by atoms with Gasteiger partial charge in [-0.05, 0) is 49.7 Å². The molecule has 0 fully saturated rings. The van der Waals surface area contributed by atoms with Gasteiger partial charge in [-0.15, -0.1) is 11.3 Å². The number of hydrogen-bond donors (Lipinski definition) is 1. The van der Waals surface area contributed by atoms with Gasteiger partial charge in [0, 0.05) is 21.6 Å². The zero-order valence-electron chi connectivity index (χ0n) is 15.6. The molecule has 0 spiro atoms. The van der Waals surface area contributed by atoms with Gasteiger partial charge in [0.1, 0.15) is 0 Å². The SMILES string of the molecule is Cc1ccc(N=c2scc(-c3ccc(Br)cc3)n2N=Cc2ccc[nH]2)c(C)c1. The number of halogens is 1. The van der Waals surface area contributed by atoms with Crippen molar-refractivity contribution in [3.8, 4) is 11.3 Å². The summed E-state index contributed by atoms with van der Waals surface area (Å²) >= 11 is 5.08. The first kappa shape index (κ1) is 18.7. The van der Waals surface area contributed by atoms with Gasteiger partial charge in [-0.25, -0.2) is 9.67 Å². The number of hydrogen-bond acceptors (Lipinski definition) is 3. The van der Waals surface area contributed by atoms with E-state index >= 15 is 0 Å². The first-order valence-electron chi connectivity index (χ1n) is 8.86. The summed E-state index contributed by atoms with van der Waals surface area (Å²) in [5.74, 6) is 0. The molecule has 0 radical (unpaired) electrons. The van der Waals surface area contributed by atoms with Gasteiger partial charge < -0.3 is 4.98 Å². The van der Waals surface area contributed by atoms with Crippen molar-refractivity contribution in [3.05, 3.63) is 92.3 Å². The molecule has 2 aromatic carbocycles. The Labute approximate surface area is 176 Å². The minimum atomic E-state index is 0.827. The van der Waals surface area contributed by atoms with E-state index in [1.807, 2.05) is 41.4 Å². The van der Waals surface area contributed by atoms with Crippen LogP contribution in [0.3, 0.4) is 0 Å². The summed E-state index contributed by atoms with van der Waals surface area (Å²) in [7, 11) is 0. The van der Waals surface area contributed by atoms with E-state index in [1.165, 1.54) is 5.56 Å². The lowest BCUT2D eigenvalue weighted by atomic mass is 10.1. The normalized spacial score (nSPS) is 12.2. The Morgan fingerprint density at radius 1 is 1.07 bits per heavy atom. The van der Waals surface area contributed by atoms with Crippen molar-refractivity contribution >= 4 is 39.2 Å². The number of rotatable bonds is 4. The second-order valence-electron chi connectivity index (χ2n) is 6.49. The maximum absolute atomic E-state index is 4.89. The van der Waals surface area contributed by atoms with Crippen molar-refractivity contribution in [2.45, 2.75) is 13.8 Å². The van der Waals surface area contributed by atoms with E-state index in [9.17, 15) is 0 Å². The molecule has 0 aliphatic rings. The van der Waals surface area contributed by atoms with Crippen LogP contribution < -0.4 is 4.80 Å². The molecule has 140 valence electrons. The van der Waals surface area contributed by atoms with E-state index in [0.717, 1.165) is 37.5 Å². The molecule has 4 nitrogen and oxygen atoms in total. The Morgan fingerprint density at radius 2 is 1.89 bits per heavy atom. The molecule has 0 aliphatic carbocycles. The Bertz CT molecular complexity index is 1180. The van der Waals surface area contributed by atoms with Crippen LogP contribution in [0.15, 0.2) is 80.7 Å². The molecule has 0 saturated carbocycles. The molecular weight excluding hydrogens is 432 g/mol. The maximum atomic E-state index is 4.89. The minimum absolute atomic E-state index is 0.827. The van der Waals surface area contributed by atoms with Gasteiger partial charge in [-0.1, -0.05) is 45.8 Å². The van der Waals surface area contributed by atoms with Gasteiger partial charge in [0.15, 0.2) is 0 Å². The lowest BCUT2D eigenvalue weighted by Gasteiger charge is -2.04. The Morgan fingerprint density at radius 3 is 2.61 bits per heavy atom. The molecular formula is C22H19BrN4S.